The van der Waals surface area contributed by atoms with Crippen molar-refractivity contribution in [2.24, 2.45) is 11.7 Å². The normalized spacial score (nSPS) is 21.8. The van der Waals surface area contributed by atoms with Crippen molar-refractivity contribution in [2.75, 3.05) is 0 Å². The predicted octanol–water partition coefficient (Wildman–Crippen LogP) is 1.21. The number of nitrogens with two attached hydrogens (primary N) is 1. The molecule has 16 heavy (non-hydrogen) atoms. The van der Waals surface area contributed by atoms with Gasteiger partial charge in [0.25, 0.3) is 0 Å². The van der Waals surface area contributed by atoms with E-state index >= 15 is 0 Å². The third-order valence-corrected chi connectivity index (χ3v) is 3.12. The van der Waals surface area contributed by atoms with Gasteiger partial charge in [-0.1, -0.05) is 19.3 Å². The fraction of sp³-hybridized carbons (Fsp3) is 0.917. The van der Waals surface area contributed by atoms with Gasteiger partial charge in [-0.05, 0) is 32.6 Å². The number of aliphatic hydroxyl groups is 1. The first-order chi connectivity index (χ1) is 7.52. The molecule has 94 valence electrons. The van der Waals surface area contributed by atoms with Crippen LogP contribution in [0.2, 0.25) is 0 Å². The molecule has 0 aliphatic heterocycles. The average molecular weight is 229 g/mol. The van der Waals surface area contributed by atoms with Crippen molar-refractivity contribution < 1.29 is 14.6 Å². The van der Waals surface area contributed by atoms with Crippen molar-refractivity contribution in [2.45, 2.75) is 64.2 Å². The summed E-state index contributed by atoms with van der Waals surface area (Å²) in [5.41, 5.74) is 5.72. The molecule has 0 saturated heterocycles. The molecular formula is C12H23NO3. The smallest absolute Gasteiger partial charge is 0.325 e. The molecule has 0 aromatic rings. The van der Waals surface area contributed by atoms with Crippen LogP contribution in [-0.4, -0.2) is 29.3 Å². The molecule has 0 amide bonds. The highest BCUT2D eigenvalue weighted by molar-refractivity contribution is 5.76. The van der Waals surface area contributed by atoms with Crippen LogP contribution in [0.5, 0.6) is 0 Å². The fourth-order valence-electron chi connectivity index (χ4n) is 2.22. The second kappa shape index (κ2) is 6.21. The lowest BCUT2D eigenvalue weighted by molar-refractivity contribution is -0.153. The first kappa shape index (κ1) is 13.5. The zero-order chi connectivity index (χ0) is 12.1. The molecular weight excluding hydrogens is 206 g/mol. The molecule has 1 fully saturated rings. The quantitative estimate of drug-likeness (QED) is 0.711. The molecule has 0 spiro atoms. The van der Waals surface area contributed by atoms with Gasteiger partial charge in [-0.25, -0.2) is 0 Å². The molecule has 2 atom stereocenters. The number of ether oxygens (including phenoxy) is 1. The van der Waals surface area contributed by atoms with E-state index in [2.05, 4.69) is 0 Å². The maximum absolute atomic E-state index is 11.5. The molecule has 0 bridgehead atoms. The topological polar surface area (TPSA) is 72.5 Å². The Morgan fingerprint density at radius 3 is 2.38 bits per heavy atom. The third-order valence-electron chi connectivity index (χ3n) is 3.12. The summed E-state index contributed by atoms with van der Waals surface area (Å²) >= 11 is 0. The first-order valence-electron chi connectivity index (χ1n) is 6.16. The number of hydrogen-bond acceptors (Lipinski definition) is 4. The lowest BCUT2D eigenvalue weighted by Crippen LogP contribution is -2.47. The maximum atomic E-state index is 11.5. The molecule has 0 heterocycles. The molecule has 1 aliphatic carbocycles. The van der Waals surface area contributed by atoms with Gasteiger partial charge in [0, 0.05) is 0 Å². The SMILES string of the molecule is CC(C)OC(=O)[C@@H](N)[C@@H](O)C1CCCCC1. The molecule has 1 aliphatic rings. The average Bonchev–Trinajstić information content (AvgIpc) is 2.27. The molecule has 4 nitrogen and oxygen atoms in total. The zero-order valence-electron chi connectivity index (χ0n) is 10.2. The standard InChI is InChI=1S/C12H23NO3/c1-8(2)16-12(15)10(13)11(14)9-6-4-3-5-7-9/h8-11,14H,3-7,13H2,1-2H3/t10-,11-/m0/s1. The van der Waals surface area contributed by atoms with Crippen molar-refractivity contribution in [3.05, 3.63) is 0 Å². The van der Waals surface area contributed by atoms with Crippen LogP contribution in [0.3, 0.4) is 0 Å². The van der Waals surface area contributed by atoms with Crippen LogP contribution >= 0.6 is 0 Å². The van der Waals surface area contributed by atoms with Gasteiger partial charge in [0.15, 0.2) is 0 Å². The molecule has 0 aromatic carbocycles. The van der Waals surface area contributed by atoms with E-state index in [-0.39, 0.29) is 12.0 Å². The minimum Gasteiger partial charge on any atom is -0.462 e. The van der Waals surface area contributed by atoms with Gasteiger partial charge < -0.3 is 15.6 Å². The summed E-state index contributed by atoms with van der Waals surface area (Å²) in [6.45, 7) is 3.55. The van der Waals surface area contributed by atoms with Crippen molar-refractivity contribution in [3.8, 4) is 0 Å². The number of aliphatic hydroxyl groups excluding tert-OH is 1. The monoisotopic (exact) mass is 229 g/mol. The highest BCUT2D eigenvalue weighted by Crippen LogP contribution is 2.27. The van der Waals surface area contributed by atoms with Gasteiger partial charge in [-0.2, -0.15) is 0 Å². The molecule has 0 aromatic heterocycles. The first-order valence-corrected chi connectivity index (χ1v) is 6.16. The van der Waals surface area contributed by atoms with Gasteiger partial charge >= 0.3 is 5.97 Å². The second-order valence-electron chi connectivity index (χ2n) is 4.90. The van der Waals surface area contributed by atoms with E-state index < -0.39 is 18.1 Å². The van der Waals surface area contributed by atoms with E-state index in [4.69, 9.17) is 10.5 Å². The fourth-order valence-corrected chi connectivity index (χ4v) is 2.22. The highest BCUT2D eigenvalue weighted by Gasteiger charge is 2.32. The van der Waals surface area contributed by atoms with Crippen LogP contribution in [0.15, 0.2) is 0 Å². The lowest BCUT2D eigenvalue weighted by Gasteiger charge is -2.29. The van der Waals surface area contributed by atoms with E-state index in [1.807, 2.05) is 0 Å². The third kappa shape index (κ3) is 3.76. The molecule has 0 unspecified atom stereocenters. The zero-order valence-corrected chi connectivity index (χ0v) is 10.2. The van der Waals surface area contributed by atoms with E-state index in [0.717, 1.165) is 25.7 Å². The largest absolute Gasteiger partial charge is 0.462 e. The van der Waals surface area contributed by atoms with Crippen molar-refractivity contribution in [3.63, 3.8) is 0 Å². The van der Waals surface area contributed by atoms with E-state index in [9.17, 15) is 9.90 Å². The Morgan fingerprint density at radius 2 is 1.88 bits per heavy atom. The Hall–Kier alpha value is -0.610. The molecule has 4 heteroatoms. The van der Waals surface area contributed by atoms with Gasteiger partial charge in [-0.15, -0.1) is 0 Å². The highest BCUT2D eigenvalue weighted by atomic mass is 16.5. The molecule has 3 N–H and O–H groups in total. The Kier molecular flexibility index (Phi) is 5.22. The Balaban J connectivity index is 2.44. The van der Waals surface area contributed by atoms with Crippen molar-refractivity contribution in [1.82, 2.24) is 0 Å². The number of carbonyl (C=O) groups excluding carboxylic acids is 1. The van der Waals surface area contributed by atoms with E-state index in [1.54, 1.807) is 13.8 Å². The predicted molar refractivity (Wildman–Crippen MR) is 61.8 cm³/mol. The van der Waals surface area contributed by atoms with E-state index in [0.29, 0.717) is 0 Å². The van der Waals surface area contributed by atoms with Crippen LogP contribution in [0, 0.1) is 5.92 Å². The van der Waals surface area contributed by atoms with Crippen molar-refractivity contribution >= 4 is 5.97 Å². The lowest BCUT2D eigenvalue weighted by atomic mass is 9.83. The Labute approximate surface area is 97.2 Å². The Morgan fingerprint density at radius 1 is 1.31 bits per heavy atom. The van der Waals surface area contributed by atoms with Gasteiger partial charge in [0.2, 0.25) is 0 Å². The van der Waals surface area contributed by atoms with Gasteiger partial charge in [0.1, 0.15) is 6.04 Å². The van der Waals surface area contributed by atoms with Crippen LogP contribution in [-0.2, 0) is 9.53 Å². The summed E-state index contributed by atoms with van der Waals surface area (Å²) in [6, 6.07) is -0.898. The molecule has 1 saturated carbocycles. The van der Waals surface area contributed by atoms with Crippen LogP contribution in [0.25, 0.3) is 0 Å². The summed E-state index contributed by atoms with van der Waals surface area (Å²) in [5, 5.41) is 10.00. The minimum atomic E-state index is -0.898. The summed E-state index contributed by atoms with van der Waals surface area (Å²) in [6.07, 6.45) is 4.44. The summed E-state index contributed by atoms with van der Waals surface area (Å²) < 4.78 is 5.00. The van der Waals surface area contributed by atoms with E-state index in [1.165, 1.54) is 6.42 Å². The van der Waals surface area contributed by atoms with Crippen LogP contribution in [0.1, 0.15) is 46.0 Å². The van der Waals surface area contributed by atoms with Crippen LogP contribution in [0.4, 0.5) is 0 Å². The molecule has 0 radical (unpaired) electrons. The Bertz CT molecular complexity index is 224. The number of hydrogen-bond donors (Lipinski definition) is 2. The van der Waals surface area contributed by atoms with Gasteiger partial charge in [0.05, 0.1) is 12.2 Å². The summed E-state index contributed by atoms with van der Waals surface area (Å²) in [7, 11) is 0. The second-order valence-corrected chi connectivity index (χ2v) is 4.90. The minimum absolute atomic E-state index is 0.156. The number of rotatable bonds is 4. The number of esters is 1. The molecule has 1 rings (SSSR count). The summed E-state index contributed by atoms with van der Waals surface area (Å²) in [5.74, 6) is -0.337. The maximum Gasteiger partial charge on any atom is 0.325 e. The summed E-state index contributed by atoms with van der Waals surface area (Å²) in [4.78, 5) is 11.5. The van der Waals surface area contributed by atoms with Crippen LogP contribution < -0.4 is 5.73 Å². The van der Waals surface area contributed by atoms with Gasteiger partial charge in [-0.3, -0.25) is 4.79 Å². The van der Waals surface area contributed by atoms with Crippen molar-refractivity contribution in [1.29, 1.82) is 0 Å². The number of carbonyl (C=O) groups is 1.